The first-order valence-corrected chi connectivity index (χ1v) is 12.5. The molecule has 0 aliphatic rings. The van der Waals surface area contributed by atoms with Crippen LogP contribution in [0.5, 0.6) is 5.75 Å². The van der Waals surface area contributed by atoms with Crippen LogP contribution in [0.3, 0.4) is 0 Å². The van der Waals surface area contributed by atoms with Crippen molar-refractivity contribution < 1.29 is 27.4 Å². The molecule has 1 aromatic heterocycles. The Labute approximate surface area is 208 Å². The van der Waals surface area contributed by atoms with Crippen molar-refractivity contribution in [2.45, 2.75) is 59.6 Å². The van der Waals surface area contributed by atoms with Crippen LogP contribution in [0.4, 0.5) is 13.2 Å². The minimum absolute atomic E-state index is 0.0253. The molecule has 0 unspecified atom stereocenters. The molecule has 0 aliphatic heterocycles. The molecule has 3 aromatic rings. The topological polar surface area (TPSA) is 35.5 Å². The number of halogens is 3. The molecule has 188 valence electrons. The van der Waals surface area contributed by atoms with E-state index in [2.05, 4.69) is 13.8 Å². The lowest BCUT2D eigenvalue weighted by atomic mass is 9.88. The zero-order valence-electron chi connectivity index (χ0n) is 20.9. The monoisotopic (exact) mass is 504 g/mol. The molecule has 0 bridgehead atoms. The van der Waals surface area contributed by atoms with Gasteiger partial charge in [0.2, 0.25) is 0 Å². The maximum Gasteiger partial charge on any atom is 0.422 e. The summed E-state index contributed by atoms with van der Waals surface area (Å²) < 4.78 is 50.9. The average Bonchev–Trinajstić information content (AvgIpc) is 3.21. The molecule has 0 fully saturated rings. The predicted molar refractivity (Wildman–Crippen MR) is 137 cm³/mol. The number of carbonyl (C=O) groups excluding carboxylic acids is 1. The van der Waals surface area contributed by atoms with Gasteiger partial charge in [-0.1, -0.05) is 45.9 Å². The minimum atomic E-state index is -4.45. The Morgan fingerprint density at radius 2 is 1.77 bits per heavy atom. The van der Waals surface area contributed by atoms with Crippen LogP contribution in [0.1, 0.15) is 69.4 Å². The molecule has 0 saturated heterocycles. The minimum Gasteiger partial charge on any atom is -0.483 e. The van der Waals surface area contributed by atoms with Gasteiger partial charge in [0.1, 0.15) is 5.75 Å². The highest BCUT2D eigenvalue weighted by molar-refractivity contribution is 7.20. The molecule has 0 amide bonds. The molecule has 0 aliphatic carbocycles. The van der Waals surface area contributed by atoms with Gasteiger partial charge in [0.05, 0.1) is 6.61 Å². The Morgan fingerprint density at radius 3 is 2.37 bits per heavy atom. The molecule has 0 N–H and O–H groups in total. The van der Waals surface area contributed by atoms with Crippen molar-refractivity contribution >= 4 is 33.0 Å². The van der Waals surface area contributed by atoms with Crippen LogP contribution in [0.2, 0.25) is 0 Å². The fourth-order valence-corrected chi connectivity index (χ4v) is 4.93. The van der Waals surface area contributed by atoms with E-state index in [1.54, 1.807) is 6.92 Å². The van der Waals surface area contributed by atoms with E-state index in [1.165, 1.54) is 17.4 Å². The molecule has 0 radical (unpaired) electrons. The Morgan fingerprint density at radius 1 is 1.06 bits per heavy atom. The normalized spacial score (nSPS) is 12.6. The first-order chi connectivity index (χ1) is 16.4. The molecule has 3 nitrogen and oxygen atoms in total. The van der Waals surface area contributed by atoms with Crippen molar-refractivity contribution in [2.75, 3.05) is 13.2 Å². The van der Waals surface area contributed by atoms with E-state index in [9.17, 15) is 18.0 Å². The maximum absolute atomic E-state index is 13.2. The summed E-state index contributed by atoms with van der Waals surface area (Å²) in [7, 11) is 0. The van der Waals surface area contributed by atoms with Gasteiger partial charge in [0.25, 0.3) is 0 Å². The van der Waals surface area contributed by atoms with Crippen LogP contribution in [-0.4, -0.2) is 25.4 Å². The average molecular weight is 505 g/mol. The third kappa shape index (κ3) is 6.45. The fraction of sp³-hybridized carbons (Fsp3) is 0.393. The lowest BCUT2D eigenvalue weighted by Gasteiger charge is -2.22. The number of hydrogen-bond donors (Lipinski definition) is 0. The number of allylic oxidation sites excluding steroid dienone is 1. The number of alkyl halides is 3. The van der Waals surface area contributed by atoms with E-state index in [-0.39, 0.29) is 17.6 Å². The van der Waals surface area contributed by atoms with Gasteiger partial charge < -0.3 is 9.47 Å². The van der Waals surface area contributed by atoms with Crippen LogP contribution < -0.4 is 4.74 Å². The zero-order valence-corrected chi connectivity index (χ0v) is 21.7. The highest BCUT2D eigenvalue weighted by atomic mass is 32.1. The van der Waals surface area contributed by atoms with Crippen LogP contribution in [-0.2, 0) is 9.53 Å². The van der Waals surface area contributed by atoms with Crippen molar-refractivity contribution in [1.82, 2.24) is 0 Å². The predicted octanol–water partition coefficient (Wildman–Crippen LogP) is 8.72. The number of ether oxygens (including phenoxy) is 2. The van der Waals surface area contributed by atoms with Gasteiger partial charge in [-0.15, -0.1) is 11.3 Å². The van der Waals surface area contributed by atoms with Crippen LogP contribution >= 0.6 is 11.3 Å². The summed E-state index contributed by atoms with van der Waals surface area (Å²) in [5.41, 5.74) is 4.00. The van der Waals surface area contributed by atoms with Crippen molar-refractivity contribution in [3.05, 3.63) is 58.5 Å². The van der Waals surface area contributed by atoms with Crippen LogP contribution in [0, 0.1) is 0 Å². The van der Waals surface area contributed by atoms with Gasteiger partial charge in [-0.25, -0.2) is 4.79 Å². The van der Waals surface area contributed by atoms with Gasteiger partial charge in [0, 0.05) is 26.6 Å². The number of esters is 1. The zero-order chi connectivity index (χ0) is 25.9. The Hall–Kier alpha value is -2.80. The Bertz CT molecular complexity index is 1240. The highest BCUT2D eigenvalue weighted by Gasteiger charge is 2.30. The molecule has 1 heterocycles. The van der Waals surface area contributed by atoms with Crippen molar-refractivity contribution in [3.63, 3.8) is 0 Å². The lowest BCUT2D eigenvalue weighted by Crippen LogP contribution is -2.20. The van der Waals surface area contributed by atoms with Gasteiger partial charge in [-0.05, 0) is 66.1 Å². The van der Waals surface area contributed by atoms with Gasteiger partial charge in [-0.3, -0.25) is 0 Å². The number of benzene rings is 2. The summed E-state index contributed by atoms with van der Waals surface area (Å²) >= 11 is 1.52. The Balaban J connectivity index is 2.24. The second-order valence-electron chi connectivity index (χ2n) is 9.11. The molecular formula is C28H31F3O3S. The Kier molecular flexibility index (Phi) is 8.31. The van der Waals surface area contributed by atoms with E-state index < -0.39 is 18.8 Å². The first kappa shape index (κ1) is 26.8. The standard InChI is InChI=1S/C28H31F3O3S/c1-7-33-26(32)11-18(6)25-14-22-20(9-8-10-24(22)35-25)23-13-19(16(2)3)12-21(17(4)5)27(23)34-15-28(29,30)31/h8-14,16-17H,7,15H2,1-6H3/b18-11+. The van der Waals surface area contributed by atoms with Crippen molar-refractivity contribution in [2.24, 2.45) is 0 Å². The number of fused-ring (bicyclic) bond motifs is 1. The van der Waals surface area contributed by atoms with E-state index >= 15 is 0 Å². The molecule has 3 rings (SSSR count). The quantitative estimate of drug-likeness (QED) is 0.227. The van der Waals surface area contributed by atoms with Gasteiger partial charge in [0.15, 0.2) is 6.61 Å². The summed E-state index contributed by atoms with van der Waals surface area (Å²) in [6.45, 7) is 10.6. The fourth-order valence-electron chi connectivity index (χ4n) is 3.87. The molecule has 7 heteroatoms. The first-order valence-electron chi connectivity index (χ1n) is 11.7. The van der Waals surface area contributed by atoms with E-state index in [1.807, 2.05) is 57.2 Å². The van der Waals surface area contributed by atoms with Crippen LogP contribution in [0.15, 0.2) is 42.5 Å². The lowest BCUT2D eigenvalue weighted by molar-refractivity contribution is -0.153. The van der Waals surface area contributed by atoms with Crippen LogP contribution in [0.25, 0.3) is 26.8 Å². The smallest absolute Gasteiger partial charge is 0.422 e. The number of thiophene rings is 1. The van der Waals surface area contributed by atoms with E-state index in [0.717, 1.165) is 37.2 Å². The number of carbonyl (C=O) groups is 1. The summed E-state index contributed by atoms with van der Waals surface area (Å²) in [4.78, 5) is 12.8. The highest BCUT2D eigenvalue weighted by Crippen LogP contribution is 2.44. The van der Waals surface area contributed by atoms with Crippen molar-refractivity contribution in [3.8, 4) is 16.9 Å². The molecule has 0 saturated carbocycles. The van der Waals surface area contributed by atoms with Gasteiger partial charge >= 0.3 is 12.1 Å². The van der Waals surface area contributed by atoms with Gasteiger partial charge in [-0.2, -0.15) is 13.2 Å². The third-order valence-electron chi connectivity index (χ3n) is 5.67. The summed E-state index contributed by atoms with van der Waals surface area (Å²) in [5, 5.41) is 0.900. The third-order valence-corrected chi connectivity index (χ3v) is 6.91. The second kappa shape index (κ2) is 10.9. The molecule has 2 aromatic carbocycles. The maximum atomic E-state index is 13.2. The molecule has 0 atom stereocenters. The second-order valence-corrected chi connectivity index (χ2v) is 10.2. The summed E-state index contributed by atoms with van der Waals surface area (Å²) in [5.74, 6) is 0.0232. The molecule has 0 spiro atoms. The number of rotatable bonds is 8. The van der Waals surface area contributed by atoms with E-state index in [4.69, 9.17) is 9.47 Å². The largest absolute Gasteiger partial charge is 0.483 e. The summed E-state index contributed by atoms with van der Waals surface area (Å²) in [6, 6.07) is 11.6. The molecular weight excluding hydrogens is 473 g/mol. The summed E-state index contributed by atoms with van der Waals surface area (Å²) in [6.07, 6.45) is -2.99. The number of hydrogen-bond acceptors (Lipinski definition) is 4. The SMILES string of the molecule is CCOC(=O)/C=C(\C)c1cc2c(-c3cc(C(C)C)cc(C(C)C)c3OCC(F)(F)F)cccc2s1. The van der Waals surface area contributed by atoms with Crippen molar-refractivity contribution in [1.29, 1.82) is 0 Å². The van der Waals surface area contributed by atoms with E-state index in [0.29, 0.717) is 12.2 Å². The molecule has 35 heavy (non-hydrogen) atoms.